The molecule has 0 radical (unpaired) electrons. The van der Waals surface area contributed by atoms with Crippen LogP contribution in [0.2, 0.25) is 0 Å². The van der Waals surface area contributed by atoms with Gasteiger partial charge in [-0.1, -0.05) is 6.92 Å². The lowest BCUT2D eigenvalue weighted by molar-refractivity contribution is -0.117. The lowest BCUT2D eigenvalue weighted by Crippen LogP contribution is -2.56. The Kier molecular flexibility index (Phi) is 6.82. The number of anilines is 2. The highest BCUT2D eigenvalue weighted by atomic mass is 19.3. The fourth-order valence-corrected chi connectivity index (χ4v) is 4.35. The Balaban J connectivity index is 1.60. The van der Waals surface area contributed by atoms with Crippen LogP contribution in [0.4, 0.5) is 25.2 Å². The lowest BCUT2D eigenvalue weighted by Gasteiger charge is -2.41. The van der Waals surface area contributed by atoms with Crippen molar-refractivity contribution in [3.8, 4) is 11.4 Å². The Morgan fingerprint density at radius 2 is 2.03 bits per heavy atom. The standard InChI is InChI=1S/C23H29F2N7O3/c1-5-13-11-31(6-7-32(13)22(34)35-23(2,3)4)16-10-26-9-15(29-16)19-18-14(20(24)25)8-17(33)30-21(18)28-12-27-19/h9-10,12-14,20H,5-8,11H2,1-4H3,(H,27,28,30,33)/t13-,14+/m0/s1. The molecule has 4 heterocycles. The van der Waals surface area contributed by atoms with Crippen LogP contribution >= 0.6 is 0 Å². The molecule has 188 valence electrons. The van der Waals surface area contributed by atoms with Crippen molar-refractivity contribution in [2.45, 2.75) is 64.5 Å². The monoisotopic (exact) mass is 489 g/mol. The van der Waals surface area contributed by atoms with Gasteiger partial charge in [0.15, 0.2) is 0 Å². The van der Waals surface area contributed by atoms with Gasteiger partial charge in [-0.2, -0.15) is 0 Å². The predicted molar refractivity (Wildman–Crippen MR) is 124 cm³/mol. The molecule has 0 bridgehead atoms. The molecule has 4 rings (SSSR count). The van der Waals surface area contributed by atoms with Crippen LogP contribution in [0.3, 0.4) is 0 Å². The second-order valence-electron chi connectivity index (χ2n) is 9.62. The van der Waals surface area contributed by atoms with Gasteiger partial charge in [-0.05, 0) is 27.2 Å². The molecule has 2 aliphatic heterocycles. The number of fused-ring (bicyclic) bond motifs is 1. The van der Waals surface area contributed by atoms with E-state index in [1.165, 1.54) is 12.5 Å². The molecular formula is C23H29F2N7O3. The summed E-state index contributed by atoms with van der Waals surface area (Å²) in [6.07, 6.45) is 1.52. The zero-order valence-electron chi connectivity index (χ0n) is 20.2. The molecule has 0 aromatic carbocycles. The quantitative estimate of drug-likeness (QED) is 0.695. The van der Waals surface area contributed by atoms with E-state index in [0.717, 1.165) is 6.42 Å². The number of alkyl halides is 2. The first-order valence-corrected chi connectivity index (χ1v) is 11.6. The van der Waals surface area contributed by atoms with Crippen LogP contribution in [0.25, 0.3) is 11.4 Å². The molecule has 1 saturated heterocycles. The first-order chi connectivity index (χ1) is 16.6. The van der Waals surface area contributed by atoms with Gasteiger partial charge < -0.3 is 19.9 Å². The van der Waals surface area contributed by atoms with Crippen molar-refractivity contribution in [1.29, 1.82) is 0 Å². The zero-order valence-corrected chi connectivity index (χ0v) is 20.2. The average Bonchev–Trinajstić information content (AvgIpc) is 2.81. The normalized spacial score (nSPS) is 20.5. The molecule has 2 aromatic heterocycles. The maximum Gasteiger partial charge on any atom is 0.410 e. The summed E-state index contributed by atoms with van der Waals surface area (Å²) in [5.74, 6) is -1.23. The van der Waals surface area contributed by atoms with Crippen LogP contribution in [0, 0.1) is 0 Å². The van der Waals surface area contributed by atoms with Crippen LogP contribution in [0.5, 0.6) is 0 Å². The van der Waals surface area contributed by atoms with E-state index < -0.39 is 23.9 Å². The van der Waals surface area contributed by atoms with Gasteiger partial charge in [0.05, 0.1) is 30.0 Å². The van der Waals surface area contributed by atoms with Gasteiger partial charge in [0.1, 0.15) is 29.3 Å². The van der Waals surface area contributed by atoms with Crippen LogP contribution in [0.15, 0.2) is 18.7 Å². The zero-order chi connectivity index (χ0) is 25.3. The molecule has 0 spiro atoms. The Hall–Kier alpha value is -3.44. The van der Waals surface area contributed by atoms with Crippen LogP contribution in [-0.2, 0) is 9.53 Å². The summed E-state index contributed by atoms with van der Waals surface area (Å²) in [6, 6.07) is -0.0886. The molecule has 35 heavy (non-hydrogen) atoms. The summed E-state index contributed by atoms with van der Waals surface area (Å²) in [4.78, 5) is 45.4. The number of rotatable bonds is 4. The number of hydrogen-bond donors (Lipinski definition) is 1. The van der Waals surface area contributed by atoms with Crippen molar-refractivity contribution >= 4 is 23.6 Å². The molecular weight excluding hydrogens is 460 g/mol. The summed E-state index contributed by atoms with van der Waals surface area (Å²) in [7, 11) is 0. The van der Waals surface area contributed by atoms with Crippen molar-refractivity contribution in [1.82, 2.24) is 24.8 Å². The van der Waals surface area contributed by atoms with Crippen molar-refractivity contribution in [2.24, 2.45) is 0 Å². The summed E-state index contributed by atoms with van der Waals surface area (Å²) in [6.45, 7) is 8.97. The highest BCUT2D eigenvalue weighted by Crippen LogP contribution is 2.40. The number of ether oxygens (including phenoxy) is 1. The molecule has 0 aliphatic carbocycles. The number of halogens is 2. The number of piperazine rings is 1. The third kappa shape index (κ3) is 5.30. The van der Waals surface area contributed by atoms with Crippen LogP contribution in [-0.4, -0.2) is 74.5 Å². The van der Waals surface area contributed by atoms with Gasteiger partial charge in [0.25, 0.3) is 0 Å². The van der Waals surface area contributed by atoms with Crippen molar-refractivity contribution < 1.29 is 23.1 Å². The topological polar surface area (TPSA) is 113 Å². The van der Waals surface area contributed by atoms with E-state index in [1.807, 2.05) is 32.6 Å². The predicted octanol–water partition coefficient (Wildman–Crippen LogP) is 3.46. The van der Waals surface area contributed by atoms with Crippen molar-refractivity contribution in [3.63, 3.8) is 0 Å². The summed E-state index contributed by atoms with van der Waals surface area (Å²) >= 11 is 0. The average molecular weight is 490 g/mol. The van der Waals surface area contributed by atoms with E-state index in [-0.39, 0.29) is 35.6 Å². The molecule has 1 fully saturated rings. The third-order valence-electron chi connectivity index (χ3n) is 5.99. The van der Waals surface area contributed by atoms with Gasteiger partial charge in [-0.25, -0.2) is 28.5 Å². The fourth-order valence-electron chi connectivity index (χ4n) is 4.35. The molecule has 12 heteroatoms. The van der Waals surface area contributed by atoms with E-state index in [9.17, 15) is 18.4 Å². The van der Waals surface area contributed by atoms with Crippen molar-refractivity contribution in [3.05, 3.63) is 24.3 Å². The number of nitrogens with one attached hydrogen (secondary N) is 1. The maximum absolute atomic E-state index is 13.8. The molecule has 2 atom stereocenters. The molecule has 2 aromatic rings. The van der Waals surface area contributed by atoms with Gasteiger partial charge in [0.2, 0.25) is 12.3 Å². The minimum Gasteiger partial charge on any atom is -0.444 e. The fraction of sp³-hybridized carbons (Fsp3) is 0.565. The van der Waals surface area contributed by atoms with E-state index >= 15 is 0 Å². The van der Waals surface area contributed by atoms with Gasteiger partial charge >= 0.3 is 6.09 Å². The molecule has 10 nitrogen and oxygen atoms in total. The Morgan fingerprint density at radius 3 is 2.71 bits per heavy atom. The summed E-state index contributed by atoms with van der Waals surface area (Å²) in [5.41, 5.74) is 0.104. The van der Waals surface area contributed by atoms with Crippen molar-refractivity contribution in [2.75, 3.05) is 29.9 Å². The SMILES string of the molecule is CC[C@H]1CN(c2cncc(-c3ncnc4c3[C@H](C(F)F)CC(=O)N4)n2)CCN1C(=O)OC(C)(C)C. The van der Waals surface area contributed by atoms with Crippen LogP contribution < -0.4 is 10.2 Å². The first-order valence-electron chi connectivity index (χ1n) is 11.6. The summed E-state index contributed by atoms with van der Waals surface area (Å²) in [5, 5.41) is 2.55. The molecule has 2 aliphatic rings. The Morgan fingerprint density at radius 1 is 1.26 bits per heavy atom. The second kappa shape index (κ2) is 9.67. The highest BCUT2D eigenvalue weighted by molar-refractivity contribution is 5.95. The second-order valence-corrected chi connectivity index (χ2v) is 9.62. The number of carbonyl (C=O) groups excluding carboxylic acids is 2. The van der Waals surface area contributed by atoms with Gasteiger partial charge in [-0.15, -0.1) is 0 Å². The molecule has 0 unspecified atom stereocenters. The molecule has 2 amide bonds. The number of nitrogens with zero attached hydrogens (tertiary/aromatic N) is 6. The number of amides is 2. The molecule has 1 N–H and O–H groups in total. The van der Waals surface area contributed by atoms with E-state index in [2.05, 4.69) is 25.3 Å². The Labute approximate surface area is 202 Å². The number of aromatic nitrogens is 4. The Bertz CT molecular complexity index is 1110. The van der Waals surface area contributed by atoms with Gasteiger partial charge in [0, 0.05) is 31.6 Å². The van der Waals surface area contributed by atoms with Crippen LogP contribution in [0.1, 0.15) is 52.0 Å². The van der Waals surface area contributed by atoms with E-state index in [0.29, 0.717) is 31.1 Å². The highest BCUT2D eigenvalue weighted by Gasteiger charge is 2.37. The minimum absolute atomic E-state index is 0.0702. The van der Waals surface area contributed by atoms with E-state index in [4.69, 9.17) is 4.74 Å². The maximum atomic E-state index is 13.8. The number of carbonyl (C=O) groups is 2. The largest absolute Gasteiger partial charge is 0.444 e. The number of hydrogen-bond acceptors (Lipinski definition) is 8. The third-order valence-corrected chi connectivity index (χ3v) is 5.99. The van der Waals surface area contributed by atoms with E-state index in [1.54, 1.807) is 11.1 Å². The van der Waals surface area contributed by atoms with Gasteiger partial charge in [-0.3, -0.25) is 9.78 Å². The first kappa shape index (κ1) is 24.7. The summed E-state index contributed by atoms with van der Waals surface area (Å²) < 4.78 is 33.2. The smallest absolute Gasteiger partial charge is 0.410 e. The minimum atomic E-state index is -2.76. The molecule has 0 saturated carbocycles. The lowest BCUT2D eigenvalue weighted by atomic mass is 9.90.